The van der Waals surface area contributed by atoms with Crippen LogP contribution >= 0.6 is 15.9 Å². The molecule has 1 aromatic carbocycles. The molecule has 0 aliphatic heterocycles. The number of rotatable bonds is 4. The summed E-state index contributed by atoms with van der Waals surface area (Å²) < 4.78 is 0. The zero-order chi connectivity index (χ0) is 13.7. The first-order chi connectivity index (χ1) is 8.45. The summed E-state index contributed by atoms with van der Waals surface area (Å²) in [5, 5.41) is 5.52. The fourth-order valence-corrected chi connectivity index (χ4v) is 1.55. The first-order valence-electron chi connectivity index (χ1n) is 5.79. The van der Waals surface area contributed by atoms with Crippen molar-refractivity contribution < 1.29 is 9.59 Å². The molecule has 0 aliphatic carbocycles. The zero-order valence-electron chi connectivity index (χ0n) is 10.7. The average Bonchev–Trinajstić information content (AvgIpc) is 2.31. The summed E-state index contributed by atoms with van der Waals surface area (Å²) in [7, 11) is 0. The van der Waals surface area contributed by atoms with Crippen molar-refractivity contribution in [2.45, 2.75) is 25.6 Å². The van der Waals surface area contributed by atoms with Crippen molar-refractivity contribution in [2.75, 3.05) is 11.9 Å². The quantitative estimate of drug-likeness (QED) is 0.839. The molecule has 98 valence electrons. The van der Waals surface area contributed by atoms with E-state index >= 15 is 0 Å². The van der Waals surface area contributed by atoms with E-state index in [4.69, 9.17) is 0 Å². The van der Waals surface area contributed by atoms with Crippen LogP contribution in [-0.4, -0.2) is 23.2 Å². The Labute approximate surface area is 115 Å². The van der Waals surface area contributed by atoms with E-state index in [1.54, 1.807) is 25.1 Å². The van der Waals surface area contributed by atoms with Crippen LogP contribution in [0.25, 0.3) is 0 Å². The maximum atomic E-state index is 11.6. The van der Waals surface area contributed by atoms with Gasteiger partial charge in [-0.1, -0.05) is 15.9 Å². The Kier molecular flexibility index (Phi) is 5.34. The molecule has 0 fully saturated rings. The van der Waals surface area contributed by atoms with Crippen LogP contribution in [0.15, 0.2) is 18.2 Å². The number of carbonyl (C=O) groups is 2. The molecular weight excluding hydrogens is 296 g/mol. The van der Waals surface area contributed by atoms with Gasteiger partial charge in [0.25, 0.3) is 5.91 Å². The van der Waals surface area contributed by atoms with Gasteiger partial charge in [0.2, 0.25) is 5.91 Å². The van der Waals surface area contributed by atoms with Crippen molar-refractivity contribution in [3.63, 3.8) is 0 Å². The summed E-state index contributed by atoms with van der Waals surface area (Å²) in [4.78, 5) is 22.9. The van der Waals surface area contributed by atoms with Crippen LogP contribution in [0.2, 0.25) is 0 Å². The van der Waals surface area contributed by atoms with Crippen LogP contribution in [0.4, 0.5) is 5.69 Å². The minimum atomic E-state index is -0.250. The van der Waals surface area contributed by atoms with Crippen molar-refractivity contribution in [1.29, 1.82) is 0 Å². The van der Waals surface area contributed by atoms with E-state index in [0.29, 0.717) is 12.1 Å². The maximum absolute atomic E-state index is 11.6. The molecule has 5 heteroatoms. The lowest BCUT2D eigenvalue weighted by Gasteiger charge is -2.11. The zero-order valence-corrected chi connectivity index (χ0v) is 12.3. The predicted octanol–water partition coefficient (Wildman–Crippen LogP) is 2.47. The number of alkyl halides is 1. The molecule has 0 radical (unpaired) electrons. The van der Waals surface area contributed by atoms with E-state index in [2.05, 4.69) is 26.6 Å². The van der Waals surface area contributed by atoms with E-state index in [1.165, 1.54) is 0 Å². The average molecular weight is 313 g/mol. The summed E-state index contributed by atoms with van der Waals surface area (Å²) in [5.74, 6) is -0.212. The van der Waals surface area contributed by atoms with Crippen LogP contribution in [0.1, 0.15) is 29.8 Å². The van der Waals surface area contributed by atoms with E-state index in [9.17, 15) is 9.59 Å². The highest BCUT2D eigenvalue weighted by Gasteiger charge is 2.11. The Morgan fingerprint density at radius 1 is 1.39 bits per heavy atom. The first-order valence-corrected chi connectivity index (χ1v) is 6.71. The number of hydrogen-bond acceptors (Lipinski definition) is 2. The first kappa shape index (κ1) is 14.7. The minimum absolute atomic E-state index is 0.104. The van der Waals surface area contributed by atoms with Crippen LogP contribution < -0.4 is 10.6 Å². The highest BCUT2D eigenvalue weighted by Crippen LogP contribution is 2.17. The van der Waals surface area contributed by atoms with Gasteiger partial charge in [0.15, 0.2) is 0 Å². The lowest BCUT2D eigenvalue weighted by atomic mass is 10.1. The summed E-state index contributed by atoms with van der Waals surface area (Å²) in [6.07, 6.45) is 0. The predicted molar refractivity (Wildman–Crippen MR) is 76.2 cm³/mol. The van der Waals surface area contributed by atoms with Gasteiger partial charge < -0.3 is 10.6 Å². The van der Waals surface area contributed by atoms with E-state index in [0.717, 1.165) is 11.3 Å². The largest absolute Gasteiger partial charge is 0.352 e. The van der Waals surface area contributed by atoms with Gasteiger partial charge in [-0.2, -0.15) is 0 Å². The Balaban J connectivity index is 2.86. The van der Waals surface area contributed by atoms with Crippen molar-refractivity contribution >= 4 is 33.4 Å². The molecule has 18 heavy (non-hydrogen) atoms. The SMILES string of the molecule is CCNC(=O)c1ccc(NC(=O)C(C)Br)c(C)c1. The highest BCUT2D eigenvalue weighted by atomic mass is 79.9. The molecule has 0 aliphatic rings. The van der Waals surface area contributed by atoms with Crippen LogP contribution in [0.3, 0.4) is 0 Å². The summed E-state index contributed by atoms with van der Waals surface area (Å²) >= 11 is 3.20. The third kappa shape index (κ3) is 3.84. The molecule has 1 rings (SSSR count). The molecule has 0 heterocycles. The third-order valence-corrected chi connectivity index (χ3v) is 2.86. The topological polar surface area (TPSA) is 58.2 Å². The van der Waals surface area contributed by atoms with Gasteiger partial charge in [-0.05, 0) is 44.5 Å². The molecule has 2 N–H and O–H groups in total. The number of nitrogens with one attached hydrogen (secondary N) is 2. The normalized spacial score (nSPS) is 11.8. The summed E-state index contributed by atoms with van der Waals surface area (Å²) in [6.45, 7) is 6.08. The third-order valence-electron chi connectivity index (χ3n) is 2.45. The van der Waals surface area contributed by atoms with E-state index < -0.39 is 0 Å². The number of anilines is 1. The van der Waals surface area contributed by atoms with Gasteiger partial charge in [-0.3, -0.25) is 9.59 Å². The van der Waals surface area contributed by atoms with Crippen LogP contribution in [0.5, 0.6) is 0 Å². The van der Waals surface area contributed by atoms with Crippen LogP contribution in [-0.2, 0) is 4.79 Å². The van der Waals surface area contributed by atoms with Gasteiger partial charge in [0, 0.05) is 17.8 Å². The highest BCUT2D eigenvalue weighted by molar-refractivity contribution is 9.10. The van der Waals surface area contributed by atoms with Gasteiger partial charge in [0.1, 0.15) is 0 Å². The number of amides is 2. The molecule has 1 atom stereocenters. The second-order valence-corrected chi connectivity index (χ2v) is 5.37. The second kappa shape index (κ2) is 6.54. The molecule has 1 unspecified atom stereocenters. The second-order valence-electron chi connectivity index (χ2n) is 3.99. The number of benzene rings is 1. The number of halogens is 1. The van der Waals surface area contributed by atoms with Gasteiger partial charge in [-0.25, -0.2) is 0 Å². The smallest absolute Gasteiger partial charge is 0.251 e. The van der Waals surface area contributed by atoms with Crippen molar-refractivity contribution in [3.8, 4) is 0 Å². The van der Waals surface area contributed by atoms with E-state index in [1.807, 2.05) is 13.8 Å². The fraction of sp³-hybridized carbons (Fsp3) is 0.385. The van der Waals surface area contributed by atoms with Gasteiger partial charge in [-0.15, -0.1) is 0 Å². The molecule has 1 aromatic rings. The van der Waals surface area contributed by atoms with Gasteiger partial charge >= 0.3 is 0 Å². The maximum Gasteiger partial charge on any atom is 0.251 e. The van der Waals surface area contributed by atoms with Crippen LogP contribution in [0, 0.1) is 6.92 Å². The van der Waals surface area contributed by atoms with E-state index in [-0.39, 0.29) is 16.6 Å². The molecular formula is C13H17BrN2O2. The molecule has 0 bridgehead atoms. The molecule has 2 amide bonds. The molecule has 0 aromatic heterocycles. The summed E-state index contributed by atoms with van der Waals surface area (Å²) in [5.41, 5.74) is 2.18. The molecule has 0 spiro atoms. The van der Waals surface area contributed by atoms with Gasteiger partial charge in [0.05, 0.1) is 4.83 Å². The monoisotopic (exact) mass is 312 g/mol. The van der Waals surface area contributed by atoms with Crippen molar-refractivity contribution in [2.24, 2.45) is 0 Å². The molecule has 0 saturated carbocycles. The number of carbonyl (C=O) groups excluding carboxylic acids is 2. The molecule has 4 nitrogen and oxygen atoms in total. The Morgan fingerprint density at radius 2 is 2.06 bits per heavy atom. The lowest BCUT2D eigenvalue weighted by Crippen LogP contribution is -2.23. The van der Waals surface area contributed by atoms with Crippen molar-refractivity contribution in [3.05, 3.63) is 29.3 Å². The Bertz CT molecular complexity index is 458. The minimum Gasteiger partial charge on any atom is -0.352 e. The number of hydrogen-bond donors (Lipinski definition) is 2. The van der Waals surface area contributed by atoms with Crippen molar-refractivity contribution in [1.82, 2.24) is 5.32 Å². The molecule has 0 saturated heterocycles. The Hall–Kier alpha value is -1.36. The Morgan fingerprint density at radius 3 is 2.56 bits per heavy atom. The lowest BCUT2D eigenvalue weighted by molar-refractivity contribution is -0.115. The number of aryl methyl sites for hydroxylation is 1. The summed E-state index contributed by atoms with van der Waals surface area (Å²) in [6, 6.07) is 5.21. The standard InChI is InChI=1S/C13H17BrN2O2/c1-4-15-13(18)10-5-6-11(8(2)7-10)16-12(17)9(3)14/h5-7,9H,4H2,1-3H3,(H,15,18)(H,16,17). The fourth-order valence-electron chi connectivity index (χ4n) is 1.44.